The Labute approximate surface area is 149 Å². The molecule has 2 amide bonds. The molecule has 0 unspecified atom stereocenters. The van der Waals surface area contributed by atoms with Gasteiger partial charge < -0.3 is 10.2 Å². The summed E-state index contributed by atoms with van der Waals surface area (Å²) in [6, 6.07) is 9.79. The second-order valence-electron chi connectivity index (χ2n) is 5.90. The molecule has 138 valence electrons. The minimum atomic E-state index is -4.40. The molecule has 1 fully saturated rings. The number of alkyl halides is 3. The lowest BCUT2D eigenvalue weighted by Gasteiger charge is -2.31. The Bertz CT molecular complexity index is 573. The molecule has 25 heavy (non-hydrogen) atoms. The maximum absolute atomic E-state index is 12.2. The standard InChI is InChI=1S/C17H21F3N2O2S/c18-17(19,20)12-21-16(24)13-6-9-22(10-7-13)15(23)8-11-25-14-4-2-1-3-5-14/h1-5,13H,6-12H2,(H,21,24). The molecule has 0 aromatic heterocycles. The summed E-state index contributed by atoms with van der Waals surface area (Å²) in [7, 11) is 0. The number of piperidine rings is 1. The van der Waals surface area contributed by atoms with Crippen molar-refractivity contribution >= 4 is 23.6 Å². The Morgan fingerprint density at radius 1 is 1.16 bits per heavy atom. The third-order valence-electron chi connectivity index (χ3n) is 4.01. The summed E-state index contributed by atoms with van der Waals surface area (Å²) >= 11 is 1.61. The molecule has 1 heterocycles. The minimum absolute atomic E-state index is 0.0255. The number of amides is 2. The summed E-state index contributed by atoms with van der Waals surface area (Å²) in [6.45, 7) is -0.473. The first-order chi connectivity index (χ1) is 11.8. The van der Waals surface area contributed by atoms with Gasteiger partial charge in [0.15, 0.2) is 0 Å². The van der Waals surface area contributed by atoms with E-state index in [9.17, 15) is 22.8 Å². The van der Waals surface area contributed by atoms with Gasteiger partial charge in [-0.05, 0) is 25.0 Å². The molecule has 0 aliphatic carbocycles. The number of benzene rings is 1. The van der Waals surface area contributed by atoms with E-state index in [1.807, 2.05) is 35.6 Å². The predicted molar refractivity (Wildman–Crippen MR) is 90.2 cm³/mol. The first-order valence-corrected chi connectivity index (χ1v) is 9.14. The SMILES string of the molecule is O=C(NCC(F)(F)F)C1CCN(C(=O)CCSc2ccccc2)CC1. The Hall–Kier alpha value is -1.70. The predicted octanol–water partition coefficient (Wildman–Crippen LogP) is 3.09. The lowest BCUT2D eigenvalue weighted by molar-refractivity contribution is -0.142. The van der Waals surface area contributed by atoms with Crippen LogP contribution in [0.4, 0.5) is 13.2 Å². The van der Waals surface area contributed by atoms with Crippen molar-refractivity contribution < 1.29 is 22.8 Å². The van der Waals surface area contributed by atoms with Crippen LogP contribution in [-0.2, 0) is 9.59 Å². The van der Waals surface area contributed by atoms with Crippen LogP contribution in [0, 0.1) is 5.92 Å². The van der Waals surface area contributed by atoms with Crippen LogP contribution < -0.4 is 5.32 Å². The third-order valence-corrected chi connectivity index (χ3v) is 5.02. The number of likely N-dealkylation sites (tertiary alicyclic amines) is 1. The fourth-order valence-corrected chi connectivity index (χ4v) is 3.52. The summed E-state index contributed by atoms with van der Waals surface area (Å²) in [5.41, 5.74) is 0. The second-order valence-corrected chi connectivity index (χ2v) is 7.07. The van der Waals surface area contributed by atoms with Crippen molar-refractivity contribution in [3.8, 4) is 0 Å². The molecule has 0 spiro atoms. The Morgan fingerprint density at radius 3 is 2.40 bits per heavy atom. The van der Waals surface area contributed by atoms with E-state index >= 15 is 0 Å². The number of carbonyl (C=O) groups excluding carboxylic acids is 2. The van der Waals surface area contributed by atoms with Crippen LogP contribution in [0.15, 0.2) is 35.2 Å². The van der Waals surface area contributed by atoms with E-state index in [0.29, 0.717) is 38.1 Å². The highest BCUT2D eigenvalue weighted by Crippen LogP contribution is 2.21. The van der Waals surface area contributed by atoms with Crippen molar-refractivity contribution in [2.24, 2.45) is 5.92 Å². The largest absolute Gasteiger partial charge is 0.405 e. The molecule has 0 bridgehead atoms. The first kappa shape index (κ1) is 19.6. The zero-order valence-corrected chi connectivity index (χ0v) is 14.5. The average Bonchev–Trinajstić information content (AvgIpc) is 2.60. The van der Waals surface area contributed by atoms with Gasteiger partial charge in [0.1, 0.15) is 6.54 Å². The van der Waals surface area contributed by atoms with Gasteiger partial charge in [0.05, 0.1) is 0 Å². The fourth-order valence-electron chi connectivity index (χ4n) is 2.65. The molecule has 0 saturated carbocycles. The molecular weight excluding hydrogens is 353 g/mol. The van der Waals surface area contributed by atoms with Crippen LogP contribution in [0.5, 0.6) is 0 Å². The highest BCUT2D eigenvalue weighted by molar-refractivity contribution is 7.99. The Morgan fingerprint density at radius 2 is 1.80 bits per heavy atom. The van der Waals surface area contributed by atoms with Gasteiger partial charge >= 0.3 is 6.18 Å². The molecule has 0 radical (unpaired) electrons. The maximum Gasteiger partial charge on any atom is 0.405 e. The number of rotatable bonds is 6. The molecule has 2 rings (SSSR count). The van der Waals surface area contributed by atoms with E-state index in [0.717, 1.165) is 4.90 Å². The average molecular weight is 374 g/mol. The van der Waals surface area contributed by atoms with Crippen LogP contribution in [0.1, 0.15) is 19.3 Å². The number of thioether (sulfide) groups is 1. The van der Waals surface area contributed by atoms with E-state index in [1.54, 1.807) is 16.7 Å². The smallest absolute Gasteiger partial charge is 0.347 e. The molecule has 4 nitrogen and oxygen atoms in total. The minimum Gasteiger partial charge on any atom is -0.347 e. The van der Waals surface area contributed by atoms with Gasteiger partial charge in [0.25, 0.3) is 0 Å². The molecule has 1 N–H and O–H groups in total. The molecule has 1 saturated heterocycles. The summed E-state index contributed by atoms with van der Waals surface area (Å²) < 4.78 is 36.4. The number of hydrogen-bond acceptors (Lipinski definition) is 3. The van der Waals surface area contributed by atoms with Crippen molar-refractivity contribution in [3.63, 3.8) is 0 Å². The number of halogens is 3. The van der Waals surface area contributed by atoms with Gasteiger partial charge in [0, 0.05) is 36.1 Å². The van der Waals surface area contributed by atoms with Crippen LogP contribution in [0.3, 0.4) is 0 Å². The highest BCUT2D eigenvalue weighted by atomic mass is 32.2. The van der Waals surface area contributed by atoms with E-state index < -0.39 is 24.5 Å². The zero-order valence-electron chi connectivity index (χ0n) is 13.7. The van der Waals surface area contributed by atoms with Crippen LogP contribution in [0.25, 0.3) is 0 Å². The Balaban J connectivity index is 1.67. The zero-order chi connectivity index (χ0) is 18.3. The summed E-state index contributed by atoms with van der Waals surface area (Å²) in [5.74, 6) is -0.332. The van der Waals surface area contributed by atoms with Gasteiger partial charge in [-0.1, -0.05) is 18.2 Å². The molecule has 1 aliphatic heterocycles. The third kappa shape index (κ3) is 6.97. The number of hydrogen-bond donors (Lipinski definition) is 1. The molecule has 1 aliphatic rings. The van der Waals surface area contributed by atoms with Crippen molar-refractivity contribution in [1.29, 1.82) is 0 Å². The van der Waals surface area contributed by atoms with Crippen molar-refractivity contribution in [2.45, 2.75) is 30.3 Å². The van der Waals surface area contributed by atoms with Gasteiger partial charge in [-0.25, -0.2) is 0 Å². The first-order valence-electron chi connectivity index (χ1n) is 8.15. The van der Waals surface area contributed by atoms with E-state index in [2.05, 4.69) is 0 Å². The van der Waals surface area contributed by atoms with Gasteiger partial charge in [-0.15, -0.1) is 11.8 Å². The lowest BCUT2D eigenvalue weighted by Crippen LogP contribution is -2.44. The molecule has 0 atom stereocenters. The Kier molecular flexibility index (Phi) is 7.16. The highest BCUT2D eigenvalue weighted by Gasteiger charge is 2.31. The van der Waals surface area contributed by atoms with Crippen LogP contribution >= 0.6 is 11.8 Å². The van der Waals surface area contributed by atoms with Crippen molar-refractivity contribution in [2.75, 3.05) is 25.4 Å². The normalized spacial score (nSPS) is 15.9. The van der Waals surface area contributed by atoms with E-state index in [1.165, 1.54) is 0 Å². The van der Waals surface area contributed by atoms with E-state index in [4.69, 9.17) is 0 Å². The number of carbonyl (C=O) groups is 2. The monoisotopic (exact) mass is 374 g/mol. The summed E-state index contributed by atoms with van der Waals surface area (Å²) in [4.78, 5) is 26.7. The quantitative estimate of drug-likeness (QED) is 0.779. The molecule has 8 heteroatoms. The van der Waals surface area contributed by atoms with Gasteiger partial charge in [-0.3, -0.25) is 9.59 Å². The lowest BCUT2D eigenvalue weighted by atomic mass is 9.95. The summed E-state index contributed by atoms with van der Waals surface area (Å²) in [6.07, 6.45) is -3.18. The summed E-state index contributed by atoms with van der Waals surface area (Å²) in [5, 5.41) is 1.92. The van der Waals surface area contributed by atoms with E-state index in [-0.39, 0.29) is 5.91 Å². The maximum atomic E-state index is 12.2. The number of nitrogens with zero attached hydrogens (tertiary/aromatic N) is 1. The molecule has 1 aromatic rings. The van der Waals surface area contributed by atoms with Crippen molar-refractivity contribution in [1.82, 2.24) is 10.2 Å². The van der Waals surface area contributed by atoms with Gasteiger partial charge in [0.2, 0.25) is 11.8 Å². The fraction of sp³-hybridized carbons (Fsp3) is 0.529. The molecular formula is C17H21F3N2O2S. The van der Waals surface area contributed by atoms with Gasteiger partial charge in [-0.2, -0.15) is 13.2 Å². The second kappa shape index (κ2) is 9.12. The van der Waals surface area contributed by atoms with Crippen LogP contribution in [0.2, 0.25) is 0 Å². The van der Waals surface area contributed by atoms with Crippen LogP contribution in [-0.4, -0.2) is 48.3 Å². The topological polar surface area (TPSA) is 49.4 Å². The van der Waals surface area contributed by atoms with Crippen molar-refractivity contribution in [3.05, 3.63) is 30.3 Å². The molecule has 1 aromatic carbocycles. The number of nitrogens with one attached hydrogen (secondary N) is 1.